The normalized spacial score (nSPS) is 9.92. The van der Waals surface area contributed by atoms with Gasteiger partial charge in [0.15, 0.2) is 0 Å². The third-order valence-corrected chi connectivity index (χ3v) is 3.22. The number of amides is 1. The minimum atomic E-state index is -0.415. The van der Waals surface area contributed by atoms with Gasteiger partial charge in [-0.05, 0) is 43.3 Å². The Morgan fingerprint density at radius 1 is 1.04 bits per heavy atom. The molecule has 0 atom stereocenters. The second-order valence-corrected chi connectivity index (χ2v) is 4.90. The Morgan fingerprint density at radius 2 is 1.75 bits per heavy atom. The Hall–Kier alpha value is -3.02. The molecular formula is C18H20N2O4. The number of nitrogens with one attached hydrogen (secondary N) is 2. The summed E-state index contributed by atoms with van der Waals surface area (Å²) in [4.78, 5) is 23.4. The molecule has 0 aliphatic heterocycles. The Balaban J connectivity index is 1.91. The van der Waals surface area contributed by atoms with Crippen molar-refractivity contribution >= 4 is 23.3 Å². The van der Waals surface area contributed by atoms with Gasteiger partial charge in [-0.1, -0.05) is 12.1 Å². The fourth-order valence-electron chi connectivity index (χ4n) is 2.08. The van der Waals surface area contributed by atoms with Crippen molar-refractivity contribution in [3.63, 3.8) is 0 Å². The van der Waals surface area contributed by atoms with Gasteiger partial charge < -0.3 is 20.1 Å². The number of methoxy groups -OCH3 is 1. The van der Waals surface area contributed by atoms with Crippen LogP contribution in [0.15, 0.2) is 48.5 Å². The molecule has 0 aromatic heterocycles. The van der Waals surface area contributed by atoms with Gasteiger partial charge in [-0.3, -0.25) is 4.79 Å². The summed E-state index contributed by atoms with van der Waals surface area (Å²) in [5.74, 6) is 0.0874. The number of para-hydroxylation sites is 2. The highest BCUT2D eigenvalue weighted by molar-refractivity contribution is 5.95. The summed E-state index contributed by atoms with van der Waals surface area (Å²) in [5.41, 5.74) is 1.79. The number of benzene rings is 2. The van der Waals surface area contributed by atoms with Gasteiger partial charge in [-0.15, -0.1) is 0 Å². The van der Waals surface area contributed by atoms with Crippen LogP contribution in [-0.4, -0.2) is 32.1 Å². The molecule has 0 heterocycles. The van der Waals surface area contributed by atoms with Gasteiger partial charge >= 0.3 is 5.97 Å². The minimum absolute atomic E-state index is 0.100. The number of hydrogen-bond donors (Lipinski definition) is 2. The van der Waals surface area contributed by atoms with E-state index in [-0.39, 0.29) is 12.5 Å². The van der Waals surface area contributed by atoms with E-state index in [1.807, 2.05) is 31.2 Å². The Morgan fingerprint density at radius 3 is 2.42 bits per heavy atom. The molecule has 0 aliphatic carbocycles. The summed E-state index contributed by atoms with van der Waals surface area (Å²) < 4.78 is 10.1. The smallest absolute Gasteiger partial charge is 0.337 e. The van der Waals surface area contributed by atoms with E-state index in [9.17, 15) is 9.59 Å². The number of rotatable bonds is 7. The second-order valence-electron chi connectivity index (χ2n) is 4.90. The van der Waals surface area contributed by atoms with Crippen LogP contribution < -0.4 is 15.4 Å². The van der Waals surface area contributed by atoms with E-state index in [0.29, 0.717) is 23.6 Å². The maximum atomic E-state index is 12.0. The summed E-state index contributed by atoms with van der Waals surface area (Å²) in [7, 11) is 1.32. The van der Waals surface area contributed by atoms with Crippen LogP contribution in [0.1, 0.15) is 17.3 Å². The van der Waals surface area contributed by atoms with Gasteiger partial charge in [0.25, 0.3) is 0 Å². The molecule has 0 aliphatic rings. The van der Waals surface area contributed by atoms with Crippen molar-refractivity contribution in [2.24, 2.45) is 0 Å². The molecule has 0 radical (unpaired) electrons. The zero-order chi connectivity index (χ0) is 17.4. The lowest BCUT2D eigenvalue weighted by Gasteiger charge is -2.12. The third-order valence-electron chi connectivity index (χ3n) is 3.22. The van der Waals surface area contributed by atoms with Crippen LogP contribution >= 0.6 is 0 Å². The van der Waals surface area contributed by atoms with Crippen LogP contribution in [0.25, 0.3) is 0 Å². The Kier molecular flexibility index (Phi) is 6.19. The fraction of sp³-hybridized carbons (Fsp3) is 0.222. The van der Waals surface area contributed by atoms with E-state index < -0.39 is 5.97 Å². The molecule has 126 valence electrons. The van der Waals surface area contributed by atoms with Gasteiger partial charge in [0.1, 0.15) is 5.75 Å². The van der Waals surface area contributed by atoms with E-state index in [1.54, 1.807) is 24.3 Å². The summed E-state index contributed by atoms with van der Waals surface area (Å²) >= 11 is 0. The predicted octanol–water partition coefficient (Wildman–Crippen LogP) is 2.92. The second kappa shape index (κ2) is 8.57. The lowest BCUT2D eigenvalue weighted by molar-refractivity contribution is -0.114. The average molecular weight is 328 g/mol. The molecule has 1 amide bonds. The van der Waals surface area contributed by atoms with Crippen molar-refractivity contribution in [1.82, 2.24) is 0 Å². The van der Waals surface area contributed by atoms with E-state index >= 15 is 0 Å². The standard InChI is InChI=1S/C18H20N2O4/c1-3-24-16-7-5-4-6-15(16)19-12-17(21)20-14-10-8-13(9-11-14)18(22)23-2/h4-11,19H,3,12H2,1-2H3,(H,20,21). The Bertz CT molecular complexity index is 698. The first-order chi connectivity index (χ1) is 11.6. The predicted molar refractivity (Wildman–Crippen MR) is 92.5 cm³/mol. The maximum absolute atomic E-state index is 12.0. The molecule has 2 aromatic carbocycles. The van der Waals surface area contributed by atoms with Gasteiger partial charge in [-0.2, -0.15) is 0 Å². The van der Waals surface area contributed by atoms with E-state index in [2.05, 4.69) is 15.4 Å². The van der Waals surface area contributed by atoms with E-state index in [1.165, 1.54) is 7.11 Å². The molecule has 24 heavy (non-hydrogen) atoms. The van der Waals surface area contributed by atoms with Crippen LogP contribution in [0, 0.1) is 0 Å². The van der Waals surface area contributed by atoms with Crippen molar-refractivity contribution in [2.75, 3.05) is 30.9 Å². The van der Waals surface area contributed by atoms with Crippen molar-refractivity contribution < 1.29 is 19.1 Å². The van der Waals surface area contributed by atoms with Crippen LogP contribution in [-0.2, 0) is 9.53 Å². The molecule has 0 bridgehead atoms. The molecular weight excluding hydrogens is 308 g/mol. The highest BCUT2D eigenvalue weighted by Crippen LogP contribution is 2.23. The van der Waals surface area contributed by atoms with Crippen molar-refractivity contribution in [1.29, 1.82) is 0 Å². The van der Waals surface area contributed by atoms with Gasteiger partial charge in [0.2, 0.25) is 5.91 Å². The summed E-state index contributed by atoms with van der Waals surface area (Å²) in [5, 5.41) is 5.80. The lowest BCUT2D eigenvalue weighted by atomic mass is 10.2. The van der Waals surface area contributed by atoms with E-state index in [0.717, 1.165) is 5.69 Å². The number of hydrogen-bond acceptors (Lipinski definition) is 5. The average Bonchev–Trinajstić information content (AvgIpc) is 2.61. The van der Waals surface area contributed by atoms with Crippen molar-refractivity contribution in [3.8, 4) is 5.75 Å². The molecule has 0 spiro atoms. The molecule has 6 heteroatoms. The van der Waals surface area contributed by atoms with Crippen molar-refractivity contribution in [2.45, 2.75) is 6.92 Å². The van der Waals surface area contributed by atoms with Crippen LogP contribution in [0.4, 0.5) is 11.4 Å². The molecule has 0 fully saturated rings. The van der Waals surface area contributed by atoms with Gasteiger partial charge in [0.05, 0.1) is 31.5 Å². The van der Waals surface area contributed by atoms with Crippen LogP contribution in [0.5, 0.6) is 5.75 Å². The van der Waals surface area contributed by atoms with Gasteiger partial charge in [0, 0.05) is 5.69 Å². The number of esters is 1. The summed E-state index contributed by atoms with van der Waals surface area (Å²) in [6, 6.07) is 13.9. The maximum Gasteiger partial charge on any atom is 0.337 e. The number of anilines is 2. The summed E-state index contributed by atoms with van der Waals surface area (Å²) in [6.07, 6.45) is 0. The third kappa shape index (κ3) is 4.74. The first-order valence-corrected chi connectivity index (χ1v) is 7.58. The van der Waals surface area contributed by atoms with E-state index in [4.69, 9.17) is 4.74 Å². The molecule has 2 aromatic rings. The number of carbonyl (C=O) groups is 2. The van der Waals surface area contributed by atoms with Crippen molar-refractivity contribution in [3.05, 3.63) is 54.1 Å². The molecule has 0 unspecified atom stereocenters. The molecule has 0 saturated heterocycles. The quantitative estimate of drug-likeness (QED) is 0.764. The molecule has 2 N–H and O–H groups in total. The SMILES string of the molecule is CCOc1ccccc1NCC(=O)Nc1ccc(C(=O)OC)cc1. The van der Waals surface area contributed by atoms with Crippen LogP contribution in [0.2, 0.25) is 0 Å². The topological polar surface area (TPSA) is 76.7 Å². The zero-order valence-corrected chi connectivity index (χ0v) is 13.7. The highest BCUT2D eigenvalue weighted by atomic mass is 16.5. The highest BCUT2D eigenvalue weighted by Gasteiger charge is 2.08. The fourth-order valence-corrected chi connectivity index (χ4v) is 2.08. The van der Waals surface area contributed by atoms with Crippen LogP contribution in [0.3, 0.4) is 0 Å². The first kappa shape index (κ1) is 17.3. The monoisotopic (exact) mass is 328 g/mol. The summed E-state index contributed by atoms with van der Waals surface area (Å²) in [6.45, 7) is 2.56. The molecule has 0 saturated carbocycles. The first-order valence-electron chi connectivity index (χ1n) is 7.58. The number of carbonyl (C=O) groups excluding carboxylic acids is 2. The molecule has 2 rings (SSSR count). The van der Waals surface area contributed by atoms with Gasteiger partial charge in [-0.25, -0.2) is 4.79 Å². The Labute approximate surface area is 140 Å². The largest absolute Gasteiger partial charge is 0.492 e. The molecule has 6 nitrogen and oxygen atoms in total. The zero-order valence-electron chi connectivity index (χ0n) is 13.7. The number of ether oxygens (including phenoxy) is 2. The minimum Gasteiger partial charge on any atom is -0.492 e. The lowest BCUT2D eigenvalue weighted by Crippen LogP contribution is -2.22.